The maximum atomic E-state index is 5.08. The quantitative estimate of drug-likeness (QED) is 0.172. The molecular formula is C50H52N4. The summed E-state index contributed by atoms with van der Waals surface area (Å²) < 4.78 is 0. The van der Waals surface area contributed by atoms with Crippen LogP contribution in [0.15, 0.2) is 109 Å². The van der Waals surface area contributed by atoms with Crippen molar-refractivity contribution in [2.45, 2.75) is 104 Å². The third-order valence-electron chi connectivity index (χ3n) is 13.5. The van der Waals surface area contributed by atoms with Crippen LogP contribution in [-0.2, 0) is 16.2 Å². The van der Waals surface area contributed by atoms with Crippen molar-refractivity contribution >= 4 is 34.1 Å². The minimum Gasteiger partial charge on any atom is -0.310 e. The molecule has 2 aliphatic carbocycles. The zero-order chi connectivity index (χ0) is 37.6. The van der Waals surface area contributed by atoms with Gasteiger partial charge in [0, 0.05) is 45.0 Å². The zero-order valence-corrected chi connectivity index (χ0v) is 33.2. The fourth-order valence-corrected chi connectivity index (χ4v) is 9.97. The van der Waals surface area contributed by atoms with Gasteiger partial charge in [0.05, 0.1) is 11.4 Å². The highest BCUT2D eigenvalue weighted by Crippen LogP contribution is 2.63. The summed E-state index contributed by atoms with van der Waals surface area (Å²) in [5.41, 5.74) is 18.7. The molecule has 0 amide bonds. The fraction of sp³-hybridized carbons (Fsp3) is 0.320. The van der Waals surface area contributed by atoms with Crippen molar-refractivity contribution in [3.63, 3.8) is 0 Å². The summed E-state index contributed by atoms with van der Waals surface area (Å²) in [6.45, 7) is 17.7. The highest BCUT2D eigenvalue weighted by molar-refractivity contribution is 5.88. The van der Waals surface area contributed by atoms with Crippen molar-refractivity contribution in [3.8, 4) is 0 Å². The Morgan fingerprint density at radius 2 is 1.00 bits per heavy atom. The Hall–Kier alpha value is -5.22. The van der Waals surface area contributed by atoms with Gasteiger partial charge in [0.2, 0.25) is 0 Å². The molecule has 54 heavy (non-hydrogen) atoms. The Bertz CT molecular complexity index is 2330. The van der Waals surface area contributed by atoms with Crippen LogP contribution in [0.1, 0.15) is 102 Å². The molecular weight excluding hydrogens is 657 g/mol. The first-order valence-corrected chi connectivity index (χ1v) is 19.8. The molecule has 1 aliphatic heterocycles. The van der Waals surface area contributed by atoms with Gasteiger partial charge in [0.25, 0.3) is 0 Å². The molecule has 2 fully saturated rings. The first-order chi connectivity index (χ1) is 25.9. The van der Waals surface area contributed by atoms with Gasteiger partial charge in [-0.2, -0.15) is 0 Å². The third kappa shape index (κ3) is 5.40. The van der Waals surface area contributed by atoms with E-state index in [2.05, 4.69) is 174 Å². The summed E-state index contributed by atoms with van der Waals surface area (Å²) in [6, 6.07) is 41.5. The zero-order valence-electron chi connectivity index (χ0n) is 33.2. The Balaban J connectivity index is 1.12. The van der Waals surface area contributed by atoms with Crippen LogP contribution in [0.2, 0.25) is 0 Å². The van der Waals surface area contributed by atoms with E-state index in [1.54, 1.807) is 0 Å². The summed E-state index contributed by atoms with van der Waals surface area (Å²) >= 11 is 0. The average molecular weight is 709 g/mol. The van der Waals surface area contributed by atoms with Crippen molar-refractivity contribution < 1.29 is 0 Å². The van der Waals surface area contributed by atoms with Crippen molar-refractivity contribution in [3.05, 3.63) is 165 Å². The van der Waals surface area contributed by atoms with E-state index in [9.17, 15) is 0 Å². The van der Waals surface area contributed by atoms with E-state index >= 15 is 0 Å². The molecule has 1 aromatic heterocycles. The summed E-state index contributed by atoms with van der Waals surface area (Å²) in [7, 11) is 0. The van der Waals surface area contributed by atoms with Gasteiger partial charge in [-0.25, -0.2) is 9.97 Å². The summed E-state index contributed by atoms with van der Waals surface area (Å²) in [5, 5.41) is 0. The van der Waals surface area contributed by atoms with Gasteiger partial charge >= 0.3 is 0 Å². The number of rotatable bonds is 6. The number of aromatic nitrogens is 2. The summed E-state index contributed by atoms with van der Waals surface area (Å²) in [4.78, 5) is 15.1. The number of fused-ring (bicyclic) bond motifs is 4. The van der Waals surface area contributed by atoms with Gasteiger partial charge in [-0.15, -0.1) is 0 Å². The van der Waals surface area contributed by atoms with Crippen LogP contribution in [0.25, 0.3) is 0 Å². The molecule has 9 rings (SSSR count). The maximum absolute atomic E-state index is 5.08. The molecule has 2 heterocycles. The van der Waals surface area contributed by atoms with Gasteiger partial charge < -0.3 is 9.80 Å². The van der Waals surface area contributed by atoms with Crippen LogP contribution < -0.4 is 9.80 Å². The standard InChI is InChI=1S/C50H52N4/c1-32-9-16-39(17-10-32)53(40-18-11-33(2)12-19-40)42-22-24-46-44(30-42)48(7,8)43-29-34(3)13-23-45(43)54(46)41-20-14-38(15-21-41)49-25-27-50(31-49,28-26-49)47-51-36(5)35(4)37(6)52-47/h9-24,29-30H,25-28,31H2,1-8H3. The Morgan fingerprint density at radius 3 is 1.57 bits per heavy atom. The fourth-order valence-electron chi connectivity index (χ4n) is 9.97. The first-order valence-electron chi connectivity index (χ1n) is 19.8. The van der Waals surface area contributed by atoms with Gasteiger partial charge in [-0.3, -0.25) is 0 Å². The molecule has 0 atom stereocenters. The van der Waals surface area contributed by atoms with Crippen LogP contribution in [0.3, 0.4) is 0 Å². The number of aryl methyl sites for hydroxylation is 5. The number of nitrogens with zero attached hydrogens (tertiary/aromatic N) is 4. The minimum absolute atomic E-state index is 0.0961. The maximum Gasteiger partial charge on any atom is 0.135 e. The first kappa shape index (κ1) is 34.5. The molecule has 2 saturated carbocycles. The molecule has 2 bridgehead atoms. The van der Waals surface area contributed by atoms with E-state index in [1.165, 1.54) is 81.7 Å². The average Bonchev–Trinajstić information content (AvgIpc) is 3.76. The van der Waals surface area contributed by atoms with Crippen molar-refractivity contribution in [1.29, 1.82) is 0 Å². The molecule has 0 unspecified atom stereocenters. The second kappa shape index (κ2) is 12.4. The van der Waals surface area contributed by atoms with Crippen LogP contribution in [0.5, 0.6) is 0 Å². The van der Waals surface area contributed by atoms with Crippen LogP contribution in [0.4, 0.5) is 34.1 Å². The number of hydrogen-bond donors (Lipinski definition) is 0. The van der Waals surface area contributed by atoms with E-state index in [-0.39, 0.29) is 16.2 Å². The molecule has 0 saturated heterocycles. The van der Waals surface area contributed by atoms with E-state index in [4.69, 9.17) is 9.97 Å². The van der Waals surface area contributed by atoms with Crippen LogP contribution >= 0.6 is 0 Å². The molecule has 4 nitrogen and oxygen atoms in total. The van der Waals surface area contributed by atoms with Crippen LogP contribution in [0, 0.1) is 41.5 Å². The molecule has 4 heteroatoms. The normalized spacial score (nSPS) is 20.9. The molecule has 5 aromatic carbocycles. The van der Waals surface area contributed by atoms with Gasteiger partial charge in [-0.1, -0.05) is 79.1 Å². The highest BCUT2D eigenvalue weighted by Gasteiger charge is 2.57. The minimum atomic E-state index is -0.208. The lowest BCUT2D eigenvalue weighted by Gasteiger charge is -2.43. The van der Waals surface area contributed by atoms with Crippen molar-refractivity contribution in [2.75, 3.05) is 9.80 Å². The highest BCUT2D eigenvalue weighted by atomic mass is 15.2. The van der Waals surface area contributed by atoms with Crippen molar-refractivity contribution in [1.82, 2.24) is 9.97 Å². The van der Waals surface area contributed by atoms with Crippen molar-refractivity contribution in [2.24, 2.45) is 0 Å². The van der Waals surface area contributed by atoms with Gasteiger partial charge in [-0.05, 0) is 162 Å². The Labute approximate surface area is 321 Å². The predicted octanol–water partition coefficient (Wildman–Crippen LogP) is 13.1. The lowest BCUT2D eigenvalue weighted by Crippen LogP contribution is -2.31. The largest absolute Gasteiger partial charge is 0.310 e. The second-order valence-electron chi connectivity index (χ2n) is 17.3. The van der Waals surface area contributed by atoms with Gasteiger partial charge in [0.15, 0.2) is 0 Å². The summed E-state index contributed by atoms with van der Waals surface area (Å²) in [6.07, 6.45) is 5.88. The molecule has 0 radical (unpaired) electrons. The molecule has 0 N–H and O–H groups in total. The third-order valence-corrected chi connectivity index (χ3v) is 13.5. The number of anilines is 6. The van der Waals surface area contributed by atoms with E-state index in [0.29, 0.717) is 0 Å². The molecule has 0 spiro atoms. The summed E-state index contributed by atoms with van der Waals surface area (Å²) in [5.74, 6) is 1.08. The van der Waals surface area contributed by atoms with Gasteiger partial charge in [0.1, 0.15) is 5.82 Å². The lowest BCUT2D eigenvalue weighted by atomic mass is 9.73. The number of hydrogen-bond acceptors (Lipinski definition) is 4. The topological polar surface area (TPSA) is 32.3 Å². The molecule has 3 aliphatic rings. The second-order valence-corrected chi connectivity index (χ2v) is 17.3. The van der Waals surface area contributed by atoms with E-state index in [0.717, 1.165) is 40.7 Å². The predicted molar refractivity (Wildman–Crippen MR) is 225 cm³/mol. The Morgan fingerprint density at radius 1 is 0.519 bits per heavy atom. The number of benzene rings is 5. The smallest absolute Gasteiger partial charge is 0.135 e. The molecule has 6 aromatic rings. The van der Waals surface area contributed by atoms with E-state index < -0.39 is 0 Å². The van der Waals surface area contributed by atoms with Crippen LogP contribution in [-0.4, -0.2) is 9.97 Å². The monoisotopic (exact) mass is 708 g/mol. The molecule has 272 valence electrons. The van der Waals surface area contributed by atoms with E-state index in [1.807, 2.05) is 0 Å². The lowest BCUT2D eigenvalue weighted by molar-refractivity contribution is 0.380. The SMILES string of the molecule is Cc1ccc(N(c2ccc(C)cc2)c2ccc3c(c2)C(C)(C)c2cc(C)ccc2N3c2ccc(C34CCC(c5nc(C)c(C)c(C)n5)(CC3)C4)cc2)cc1. The Kier molecular flexibility index (Phi) is 7.94.